The van der Waals surface area contributed by atoms with Gasteiger partial charge in [0.2, 0.25) is 0 Å². The molecule has 1 aliphatic rings. The van der Waals surface area contributed by atoms with Gasteiger partial charge in [0.25, 0.3) is 0 Å². The summed E-state index contributed by atoms with van der Waals surface area (Å²) in [5.74, 6) is 0.571. The third kappa shape index (κ3) is 1.76. The van der Waals surface area contributed by atoms with Crippen LogP contribution in [0.2, 0.25) is 0 Å². The fraction of sp³-hybridized carbons (Fsp3) is 1.00. The smallest absolute Gasteiger partial charge is 0.0673 e. The highest BCUT2D eigenvalue weighted by Gasteiger charge is 2.35. The second-order valence-electron chi connectivity index (χ2n) is 3.81. The highest BCUT2D eigenvalue weighted by Crippen LogP contribution is 2.37. The minimum atomic E-state index is -0.312. The van der Waals surface area contributed by atoms with Gasteiger partial charge < -0.3 is 5.11 Å². The third-order valence-corrected chi connectivity index (χ3v) is 3.28. The van der Waals surface area contributed by atoms with E-state index in [1.54, 1.807) is 0 Å². The summed E-state index contributed by atoms with van der Waals surface area (Å²) >= 11 is 0. The standard InChI is InChI=1S/C10H20O/c1-3-9-7-5-6-8-10(9,11)4-2/h9,11H,3-8H2,1-2H3/t9-,10-/m0/s1. The molecule has 0 bridgehead atoms. The second kappa shape index (κ2) is 3.57. The lowest BCUT2D eigenvalue weighted by Gasteiger charge is -2.39. The Morgan fingerprint density at radius 2 is 2.09 bits per heavy atom. The van der Waals surface area contributed by atoms with Crippen molar-refractivity contribution in [1.82, 2.24) is 0 Å². The predicted octanol–water partition coefficient (Wildman–Crippen LogP) is 2.73. The van der Waals surface area contributed by atoms with Crippen LogP contribution in [0.15, 0.2) is 0 Å². The highest BCUT2D eigenvalue weighted by molar-refractivity contribution is 4.87. The molecule has 66 valence electrons. The Morgan fingerprint density at radius 1 is 1.36 bits per heavy atom. The highest BCUT2D eigenvalue weighted by atomic mass is 16.3. The number of aliphatic hydroxyl groups is 1. The van der Waals surface area contributed by atoms with Crippen LogP contribution in [-0.4, -0.2) is 10.7 Å². The third-order valence-electron chi connectivity index (χ3n) is 3.28. The summed E-state index contributed by atoms with van der Waals surface area (Å²) in [5.41, 5.74) is -0.312. The fourth-order valence-electron chi connectivity index (χ4n) is 2.34. The van der Waals surface area contributed by atoms with Crippen molar-refractivity contribution >= 4 is 0 Å². The van der Waals surface area contributed by atoms with Gasteiger partial charge in [0.15, 0.2) is 0 Å². The molecule has 0 spiro atoms. The molecule has 1 N–H and O–H groups in total. The first-order chi connectivity index (χ1) is 5.23. The van der Waals surface area contributed by atoms with Crippen molar-refractivity contribution in [2.24, 2.45) is 5.92 Å². The number of hydrogen-bond acceptors (Lipinski definition) is 1. The van der Waals surface area contributed by atoms with Crippen molar-refractivity contribution in [2.75, 3.05) is 0 Å². The van der Waals surface area contributed by atoms with Crippen LogP contribution in [0.5, 0.6) is 0 Å². The van der Waals surface area contributed by atoms with E-state index in [0.717, 1.165) is 19.3 Å². The van der Waals surface area contributed by atoms with Crippen molar-refractivity contribution in [3.8, 4) is 0 Å². The minimum Gasteiger partial charge on any atom is -0.390 e. The lowest BCUT2D eigenvalue weighted by molar-refractivity contribution is -0.0524. The van der Waals surface area contributed by atoms with Crippen molar-refractivity contribution in [1.29, 1.82) is 0 Å². The fourth-order valence-corrected chi connectivity index (χ4v) is 2.34. The van der Waals surface area contributed by atoms with Crippen LogP contribution < -0.4 is 0 Å². The van der Waals surface area contributed by atoms with Crippen LogP contribution in [0.4, 0.5) is 0 Å². The summed E-state index contributed by atoms with van der Waals surface area (Å²) in [6.45, 7) is 4.30. The maximum atomic E-state index is 10.1. The maximum absolute atomic E-state index is 10.1. The van der Waals surface area contributed by atoms with Crippen molar-refractivity contribution in [3.05, 3.63) is 0 Å². The Kier molecular flexibility index (Phi) is 2.94. The molecule has 0 aliphatic heterocycles. The van der Waals surface area contributed by atoms with E-state index in [4.69, 9.17) is 0 Å². The second-order valence-corrected chi connectivity index (χ2v) is 3.81. The molecular weight excluding hydrogens is 136 g/mol. The van der Waals surface area contributed by atoms with Gasteiger partial charge in [-0.3, -0.25) is 0 Å². The summed E-state index contributed by atoms with van der Waals surface area (Å²) in [5, 5.41) is 10.1. The van der Waals surface area contributed by atoms with Gasteiger partial charge in [-0.15, -0.1) is 0 Å². The Balaban J connectivity index is 2.57. The summed E-state index contributed by atoms with van der Waals surface area (Å²) in [7, 11) is 0. The van der Waals surface area contributed by atoms with E-state index < -0.39 is 0 Å². The zero-order valence-electron chi connectivity index (χ0n) is 7.77. The molecule has 1 aliphatic carbocycles. The molecule has 1 fully saturated rings. The summed E-state index contributed by atoms with van der Waals surface area (Å²) in [6, 6.07) is 0. The van der Waals surface area contributed by atoms with Crippen LogP contribution in [0.25, 0.3) is 0 Å². The van der Waals surface area contributed by atoms with Gasteiger partial charge in [0.05, 0.1) is 5.60 Å². The van der Waals surface area contributed by atoms with Gasteiger partial charge in [0, 0.05) is 0 Å². The topological polar surface area (TPSA) is 20.2 Å². The lowest BCUT2D eigenvalue weighted by Crippen LogP contribution is -2.39. The molecule has 0 aromatic heterocycles. The molecule has 1 rings (SSSR count). The first-order valence-electron chi connectivity index (χ1n) is 4.95. The van der Waals surface area contributed by atoms with Crippen LogP contribution in [0.3, 0.4) is 0 Å². The van der Waals surface area contributed by atoms with Gasteiger partial charge in [0.1, 0.15) is 0 Å². The predicted molar refractivity (Wildman–Crippen MR) is 47.5 cm³/mol. The van der Waals surface area contributed by atoms with Crippen LogP contribution in [0.1, 0.15) is 52.4 Å². The molecule has 0 aromatic rings. The first kappa shape index (κ1) is 9.05. The Morgan fingerprint density at radius 3 is 2.55 bits per heavy atom. The van der Waals surface area contributed by atoms with E-state index in [1.807, 2.05) is 0 Å². The van der Waals surface area contributed by atoms with E-state index in [2.05, 4.69) is 13.8 Å². The SMILES string of the molecule is CC[C@H]1CCCC[C@@]1(O)CC. The molecule has 0 amide bonds. The van der Waals surface area contributed by atoms with Gasteiger partial charge in [-0.2, -0.15) is 0 Å². The Bertz CT molecular complexity index is 122. The summed E-state index contributed by atoms with van der Waals surface area (Å²) < 4.78 is 0. The molecule has 0 unspecified atom stereocenters. The molecule has 11 heavy (non-hydrogen) atoms. The van der Waals surface area contributed by atoms with Gasteiger partial charge in [-0.05, 0) is 25.2 Å². The molecule has 0 heterocycles. The largest absolute Gasteiger partial charge is 0.390 e. The van der Waals surface area contributed by atoms with E-state index in [0.29, 0.717) is 5.92 Å². The quantitative estimate of drug-likeness (QED) is 0.651. The molecule has 1 nitrogen and oxygen atoms in total. The molecule has 0 aromatic carbocycles. The molecule has 2 atom stereocenters. The zero-order chi connectivity index (χ0) is 8.32. The number of rotatable bonds is 2. The van der Waals surface area contributed by atoms with Crippen molar-refractivity contribution in [2.45, 2.75) is 58.0 Å². The van der Waals surface area contributed by atoms with Crippen molar-refractivity contribution < 1.29 is 5.11 Å². The lowest BCUT2D eigenvalue weighted by atomic mass is 9.73. The average Bonchev–Trinajstić information content (AvgIpc) is 2.05. The van der Waals surface area contributed by atoms with Crippen LogP contribution >= 0.6 is 0 Å². The Hall–Kier alpha value is -0.0400. The number of hydrogen-bond donors (Lipinski definition) is 1. The monoisotopic (exact) mass is 156 g/mol. The van der Waals surface area contributed by atoms with E-state index in [1.165, 1.54) is 19.3 Å². The van der Waals surface area contributed by atoms with Gasteiger partial charge in [-0.1, -0.05) is 33.1 Å². The van der Waals surface area contributed by atoms with E-state index >= 15 is 0 Å². The summed E-state index contributed by atoms with van der Waals surface area (Å²) in [4.78, 5) is 0. The van der Waals surface area contributed by atoms with Crippen LogP contribution in [-0.2, 0) is 0 Å². The van der Waals surface area contributed by atoms with E-state index in [-0.39, 0.29) is 5.60 Å². The summed E-state index contributed by atoms with van der Waals surface area (Å²) in [6.07, 6.45) is 6.89. The Labute approximate surface area is 69.8 Å². The van der Waals surface area contributed by atoms with Gasteiger partial charge in [-0.25, -0.2) is 0 Å². The minimum absolute atomic E-state index is 0.312. The van der Waals surface area contributed by atoms with Gasteiger partial charge >= 0.3 is 0 Å². The van der Waals surface area contributed by atoms with Crippen LogP contribution in [0, 0.1) is 5.92 Å². The van der Waals surface area contributed by atoms with Crippen molar-refractivity contribution in [3.63, 3.8) is 0 Å². The normalized spacial score (nSPS) is 39.0. The molecule has 0 saturated heterocycles. The molecular formula is C10H20O. The molecule has 1 saturated carbocycles. The first-order valence-corrected chi connectivity index (χ1v) is 4.95. The molecule has 0 radical (unpaired) electrons. The van der Waals surface area contributed by atoms with E-state index in [9.17, 15) is 5.11 Å². The molecule has 1 heteroatoms. The maximum Gasteiger partial charge on any atom is 0.0673 e. The average molecular weight is 156 g/mol. The zero-order valence-corrected chi connectivity index (χ0v) is 7.77.